The molecule has 0 atom stereocenters. The molecule has 0 saturated carbocycles. The number of fused-ring (bicyclic) bond motifs is 1. The summed E-state index contributed by atoms with van der Waals surface area (Å²) in [6.07, 6.45) is 9.91. The summed E-state index contributed by atoms with van der Waals surface area (Å²) in [5.74, 6) is 2.67. The van der Waals surface area contributed by atoms with Crippen LogP contribution in [-0.4, -0.2) is 70.7 Å². The maximum atomic E-state index is 12.6. The third-order valence-corrected chi connectivity index (χ3v) is 15.4. The summed E-state index contributed by atoms with van der Waals surface area (Å²) < 4.78 is 26.8. The normalized spacial score (nSPS) is 11.0. The average Bonchev–Trinajstić information content (AvgIpc) is 1.60. The Kier molecular flexibility index (Phi) is 22.3. The van der Waals surface area contributed by atoms with Crippen LogP contribution in [0.25, 0.3) is 34.0 Å². The lowest BCUT2D eigenvalue weighted by molar-refractivity contribution is -0.117. The molecule has 0 spiro atoms. The van der Waals surface area contributed by atoms with Gasteiger partial charge in [0.25, 0.3) is 0 Å². The minimum Gasteiger partial charge on any atom is -0.496 e. The van der Waals surface area contributed by atoms with Crippen molar-refractivity contribution < 1.29 is 51.8 Å². The van der Waals surface area contributed by atoms with Crippen LogP contribution in [0.3, 0.4) is 0 Å². The molecule has 10 N–H and O–H groups in total. The fourth-order valence-corrected chi connectivity index (χ4v) is 10.8. The van der Waals surface area contributed by atoms with Crippen LogP contribution in [0, 0.1) is 6.92 Å². The van der Waals surface area contributed by atoms with Crippen molar-refractivity contribution in [3.63, 3.8) is 0 Å². The highest BCUT2D eigenvalue weighted by Gasteiger charge is 2.23. The molecule has 0 unspecified atom stereocenters. The second-order valence-electron chi connectivity index (χ2n) is 22.5. The molecule has 0 bridgehead atoms. The number of aromatic nitrogens is 3. The monoisotopic (exact) mass is 1340 g/mol. The van der Waals surface area contributed by atoms with E-state index >= 15 is 0 Å². The summed E-state index contributed by atoms with van der Waals surface area (Å²) in [5, 5.41) is 36.0. The molecule has 9 aromatic carbocycles. The number of benzene rings is 9. The standard InChI is InChI=1S/C27H25N5O4.C25H22N4O4.C24H22N4O3/c1-17(33)32-11-10-18-6-7-21(13-24(18)32)29-19-4-3-5-20(12-19)30-27(34)31-22-8-9-23(25(14-22)35-2)26-15-28-16-36-26;1-32-22-14-20(10-11-21(22)23-15-26-16-33-23)29-25(31)28-19-9-5-8-18(13-19)27-24(30)12-17-6-3-2-4-7-17;1-16-4-2-5-18(10-16)26-19-6-3-7-20(12-19)27-24(30)28-21-8-9-22(17(11-21)14-29)23-13-25-15-31-23/h3-9,12-16,29H,10-11H2,1-2H3,(H2,30,31,34);2-11,13-16H,12H2,1H3,(H,27,30)(H2,28,29,31);2-13,15,26,29H,14H2,1H3,(H2,27,28,30). The molecular formula is C76H69N13O11. The number of methoxy groups -OCH3 is 2. The highest BCUT2D eigenvalue weighted by molar-refractivity contribution is 6.03. The van der Waals surface area contributed by atoms with E-state index in [1.54, 1.807) is 122 Å². The van der Waals surface area contributed by atoms with E-state index in [1.165, 1.54) is 26.3 Å². The van der Waals surface area contributed by atoms with Crippen LogP contribution in [0.15, 0.2) is 251 Å². The number of rotatable bonds is 19. The Hall–Kier alpha value is -13.5. The summed E-state index contributed by atoms with van der Waals surface area (Å²) in [6.45, 7) is 4.13. The fraction of sp³-hybridized carbons (Fsp3) is 0.105. The number of aliphatic hydroxyl groups excluding tert-OH is 1. The number of carbonyl (C=O) groups is 5. The van der Waals surface area contributed by atoms with Gasteiger partial charge in [-0.15, -0.1) is 0 Å². The topological polar surface area (TPSA) is 314 Å². The number of nitrogens with one attached hydrogen (secondary N) is 9. The maximum absolute atomic E-state index is 12.6. The van der Waals surface area contributed by atoms with Gasteiger partial charge >= 0.3 is 18.1 Å². The van der Waals surface area contributed by atoms with Gasteiger partial charge in [-0.2, -0.15) is 0 Å². The molecule has 0 fully saturated rings. The molecule has 24 heteroatoms. The van der Waals surface area contributed by atoms with Crippen LogP contribution < -0.4 is 62.2 Å². The summed E-state index contributed by atoms with van der Waals surface area (Å²) in [7, 11) is 3.09. The molecular weight excluding hydrogens is 1270 g/mol. The van der Waals surface area contributed by atoms with Crippen LogP contribution in [0.2, 0.25) is 0 Å². The molecule has 1 aliphatic heterocycles. The van der Waals surface area contributed by atoms with Crippen LogP contribution in [0.5, 0.6) is 11.5 Å². The number of aliphatic hydroxyl groups is 1. The first-order valence-electron chi connectivity index (χ1n) is 31.4. The number of hydrogen-bond donors (Lipinski definition) is 10. The number of carbonyl (C=O) groups excluding carboxylic acids is 5. The lowest BCUT2D eigenvalue weighted by atomic mass is 10.1. The molecule has 0 aliphatic carbocycles. The van der Waals surface area contributed by atoms with Crippen LogP contribution in [0.4, 0.5) is 82.6 Å². The number of ether oxygens (including phenoxy) is 2. The molecule has 24 nitrogen and oxygen atoms in total. The van der Waals surface area contributed by atoms with E-state index in [0.717, 1.165) is 68.2 Å². The number of hydrogen-bond acceptors (Lipinski definition) is 16. The largest absolute Gasteiger partial charge is 0.496 e. The fourth-order valence-electron chi connectivity index (χ4n) is 10.8. The zero-order valence-corrected chi connectivity index (χ0v) is 54.7. The van der Waals surface area contributed by atoms with Gasteiger partial charge in [-0.1, -0.05) is 66.7 Å². The van der Waals surface area contributed by atoms with Gasteiger partial charge in [0.15, 0.2) is 36.5 Å². The zero-order valence-electron chi connectivity index (χ0n) is 54.7. The Bertz CT molecular complexity index is 4800. The second-order valence-corrected chi connectivity index (χ2v) is 22.5. The number of aryl methyl sites for hydroxylation is 1. The highest BCUT2D eigenvalue weighted by atomic mass is 16.5. The number of anilines is 12. The maximum Gasteiger partial charge on any atom is 0.323 e. The van der Waals surface area contributed by atoms with E-state index in [1.807, 2.05) is 122 Å². The minimum absolute atomic E-state index is 0.0355. The van der Waals surface area contributed by atoms with Crippen LogP contribution in [0.1, 0.15) is 29.2 Å². The molecule has 1 aliphatic rings. The van der Waals surface area contributed by atoms with Gasteiger partial charge in [0.1, 0.15) is 11.5 Å². The lowest BCUT2D eigenvalue weighted by Gasteiger charge is -2.16. The predicted molar refractivity (Wildman–Crippen MR) is 387 cm³/mol. The second kappa shape index (κ2) is 32.8. The van der Waals surface area contributed by atoms with Gasteiger partial charge in [0.05, 0.1) is 57.0 Å². The van der Waals surface area contributed by atoms with Gasteiger partial charge in [0, 0.05) is 99.4 Å². The van der Waals surface area contributed by atoms with Crippen molar-refractivity contribution >= 4 is 98.2 Å². The van der Waals surface area contributed by atoms with Crippen molar-refractivity contribution in [2.75, 3.05) is 73.5 Å². The molecule has 12 aromatic rings. The Morgan fingerprint density at radius 2 is 0.860 bits per heavy atom. The predicted octanol–water partition coefficient (Wildman–Crippen LogP) is 16.4. The van der Waals surface area contributed by atoms with Gasteiger partial charge in [-0.3, -0.25) is 9.59 Å². The number of nitrogens with zero attached hydrogens (tertiary/aromatic N) is 4. The van der Waals surface area contributed by atoms with E-state index in [2.05, 4.69) is 62.8 Å². The van der Waals surface area contributed by atoms with Gasteiger partial charge in [-0.25, -0.2) is 29.3 Å². The molecule has 3 aromatic heterocycles. The molecule has 4 heterocycles. The number of amides is 8. The van der Waals surface area contributed by atoms with Gasteiger partial charge < -0.3 is 80.6 Å². The first-order valence-corrected chi connectivity index (χ1v) is 31.4. The van der Waals surface area contributed by atoms with Crippen molar-refractivity contribution in [2.24, 2.45) is 0 Å². The number of oxazole rings is 3. The van der Waals surface area contributed by atoms with E-state index < -0.39 is 12.1 Å². The van der Waals surface area contributed by atoms with Crippen molar-refractivity contribution in [3.05, 3.63) is 260 Å². The summed E-state index contributed by atoms with van der Waals surface area (Å²) in [6, 6.07) is 59.8. The van der Waals surface area contributed by atoms with E-state index in [4.69, 9.17) is 22.7 Å². The summed E-state index contributed by atoms with van der Waals surface area (Å²) in [4.78, 5) is 75.3. The Morgan fingerprint density at radius 1 is 0.450 bits per heavy atom. The van der Waals surface area contributed by atoms with Crippen molar-refractivity contribution in [1.82, 2.24) is 15.0 Å². The summed E-state index contributed by atoms with van der Waals surface area (Å²) in [5.41, 5.74) is 14.6. The third-order valence-electron chi connectivity index (χ3n) is 15.4. The van der Waals surface area contributed by atoms with E-state index in [0.29, 0.717) is 80.7 Å². The molecule has 13 rings (SSSR count). The van der Waals surface area contributed by atoms with Gasteiger partial charge in [-0.05, 0) is 157 Å². The molecule has 504 valence electrons. The zero-order chi connectivity index (χ0) is 69.7. The van der Waals surface area contributed by atoms with Crippen LogP contribution >= 0.6 is 0 Å². The van der Waals surface area contributed by atoms with Crippen molar-refractivity contribution in [2.45, 2.75) is 33.3 Å². The van der Waals surface area contributed by atoms with Crippen molar-refractivity contribution in [1.29, 1.82) is 0 Å². The van der Waals surface area contributed by atoms with E-state index in [9.17, 15) is 29.1 Å². The Labute approximate surface area is 574 Å². The summed E-state index contributed by atoms with van der Waals surface area (Å²) >= 11 is 0. The van der Waals surface area contributed by atoms with Crippen molar-refractivity contribution in [3.8, 4) is 45.5 Å². The molecule has 8 amide bonds. The Morgan fingerprint density at radius 3 is 1.32 bits per heavy atom. The highest BCUT2D eigenvalue weighted by Crippen LogP contribution is 2.36. The lowest BCUT2D eigenvalue weighted by Crippen LogP contribution is -2.25. The first-order chi connectivity index (χ1) is 48.7. The first kappa shape index (κ1) is 67.9. The SMILES string of the molecule is COc1cc(NC(=O)Nc2cccc(NC(=O)Cc3ccccc3)c2)ccc1-c1cnco1.COc1cc(NC(=O)Nc2cccc(Nc3ccc4c(c3)N(C(C)=O)CC4)c2)ccc1-c1cnco1.Cc1cccc(Nc2cccc(NC(=O)Nc3ccc(-c4cnco4)c(CO)c3)c2)c1. The Balaban J connectivity index is 0.000000152. The van der Waals surface area contributed by atoms with Gasteiger partial charge in [0.2, 0.25) is 11.8 Å². The molecule has 0 radical (unpaired) electrons. The minimum atomic E-state index is -0.433. The smallest absolute Gasteiger partial charge is 0.323 e. The van der Waals surface area contributed by atoms with Crippen LogP contribution in [-0.2, 0) is 29.0 Å². The van der Waals surface area contributed by atoms with E-state index in [-0.39, 0.29) is 30.9 Å². The quantitative estimate of drug-likeness (QED) is 0.0360. The average molecular weight is 1340 g/mol. The number of urea groups is 3. The molecule has 0 saturated heterocycles. The third kappa shape index (κ3) is 18.5. The molecule has 100 heavy (non-hydrogen) atoms.